The van der Waals surface area contributed by atoms with Crippen LogP contribution in [0.25, 0.3) is 0 Å². The average molecular weight is 270 g/mol. The second kappa shape index (κ2) is 6.37. The van der Waals surface area contributed by atoms with Crippen LogP contribution in [-0.2, 0) is 16.1 Å². The molecule has 1 unspecified atom stereocenters. The van der Waals surface area contributed by atoms with E-state index in [0.29, 0.717) is 25.1 Å². The lowest BCUT2D eigenvalue weighted by Crippen LogP contribution is -2.37. The van der Waals surface area contributed by atoms with E-state index in [0.717, 1.165) is 5.56 Å². The molecule has 1 aliphatic rings. The molecular formula is C12H16ClN3O2. The van der Waals surface area contributed by atoms with Gasteiger partial charge in [-0.2, -0.15) is 0 Å². The lowest BCUT2D eigenvalue weighted by molar-refractivity contribution is -0.122. The van der Waals surface area contributed by atoms with E-state index in [1.807, 2.05) is 12.1 Å². The zero-order valence-electron chi connectivity index (χ0n) is 9.81. The first-order chi connectivity index (χ1) is 8.19. The molecule has 18 heavy (non-hydrogen) atoms. The molecule has 1 saturated heterocycles. The molecule has 2 rings (SSSR count). The number of carbonyl (C=O) groups is 2. The highest BCUT2D eigenvalue weighted by Crippen LogP contribution is 2.12. The summed E-state index contributed by atoms with van der Waals surface area (Å²) < 4.78 is 0. The predicted octanol–water partition coefficient (Wildman–Crippen LogP) is 0.784. The van der Waals surface area contributed by atoms with Crippen molar-refractivity contribution >= 4 is 29.9 Å². The largest absolute Gasteiger partial charge is 0.344 e. The van der Waals surface area contributed by atoms with Gasteiger partial charge in [0.2, 0.25) is 11.8 Å². The summed E-state index contributed by atoms with van der Waals surface area (Å²) in [5, 5.41) is 5.39. The Kier molecular flexibility index (Phi) is 5.12. The van der Waals surface area contributed by atoms with Gasteiger partial charge in [-0.3, -0.25) is 9.59 Å². The van der Waals surface area contributed by atoms with Crippen LogP contribution in [0, 0.1) is 0 Å². The molecule has 0 saturated carbocycles. The number of rotatable bonds is 3. The fraction of sp³-hybridized carbons (Fsp3) is 0.333. The number of hydrogen-bond acceptors (Lipinski definition) is 3. The van der Waals surface area contributed by atoms with Gasteiger partial charge in [-0.05, 0) is 24.1 Å². The van der Waals surface area contributed by atoms with Crippen LogP contribution >= 0.6 is 12.4 Å². The van der Waals surface area contributed by atoms with Gasteiger partial charge in [0, 0.05) is 18.7 Å². The van der Waals surface area contributed by atoms with E-state index in [2.05, 4.69) is 10.6 Å². The molecule has 4 N–H and O–H groups in total. The number of benzene rings is 1. The lowest BCUT2D eigenvalue weighted by atomic mass is 10.2. The van der Waals surface area contributed by atoms with E-state index >= 15 is 0 Å². The Morgan fingerprint density at radius 3 is 2.56 bits per heavy atom. The highest BCUT2D eigenvalue weighted by Gasteiger charge is 2.26. The smallest absolute Gasteiger partial charge is 0.246 e. The molecule has 1 aliphatic heterocycles. The molecule has 1 heterocycles. The van der Waals surface area contributed by atoms with Gasteiger partial charge in [0.1, 0.15) is 6.04 Å². The molecular weight excluding hydrogens is 254 g/mol. The van der Waals surface area contributed by atoms with Crippen molar-refractivity contribution in [3.8, 4) is 0 Å². The summed E-state index contributed by atoms with van der Waals surface area (Å²) >= 11 is 0. The van der Waals surface area contributed by atoms with Gasteiger partial charge in [0.15, 0.2) is 0 Å². The molecule has 2 amide bonds. The third-order valence-electron chi connectivity index (χ3n) is 2.77. The average Bonchev–Trinajstić information content (AvgIpc) is 2.77. The minimum Gasteiger partial charge on any atom is -0.344 e. The highest BCUT2D eigenvalue weighted by atomic mass is 35.5. The van der Waals surface area contributed by atoms with Crippen LogP contribution in [0.4, 0.5) is 5.69 Å². The van der Waals surface area contributed by atoms with Crippen molar-refractivity contribution in [2.24, 2.45) is 5.73 Å². The van der Waals surface area contributed by atoms with E-state index in [1.165, 1.54) is 0 Å². The monoisotopic (exact) mass is 269 g/mol. The third kappa shape index (κ3) is 3.45. The van der Waals surface area contributed by atoms with Crippen molar-refractivity contribution in [3.05, 3.63) is 29.8 Å². The Morgan fingerprint density at radius 1 is 1.39 bits per heavy atom. The van der Waals surface area contributed by atoms with Gasteiger partial charge in [0.05, 0.1) is 0 Å². The van der Waals surface area contributed by atoms with E-state index in [9.17, 15) is 9.59 Å². The van der Waals surface area contributed by atoms with E-state index < -0.39 is 6.04 Å². The molecule has 0 bridgehead atoms. The molecule has 98 valence electrons. The van der Waals surface area contributed by atoms with E-state index in [1.54, 1.807) is 12.1 Å². The number of hydrogen-bond donors (Lipinski definition) is 3. The fourth-order valence-electron chi connectivity index (χ4n) is 1.76. The van der Waals surface area contributed by atoms with Crippen molar-refractivity contribution < 1.29 is 9.59 Å². The topological polar surface area (TPSA) is 84.2 Å². The van der Waals surface area contributed by atoms with E-state index in [-0.39, 0.29) is 24.2 Å². The Bertz CT molecular complexity index is 433. The Labute approximate surface area is 112 Å². The van der Waals surface area contributed by atoms with Crippen molar-refractivity contribution in [3.63, 3.8) is 0 Å². The van der Waals surface area contributed by atoms with Crippen LogP contribution < -0.4 is 16.4 Å². The van der Waals surface area contributed by atoms with E-state index in [4.69, 9.17) is 5.73 Å². The normalized spacial score (nSPS) is 17.8. The Balaban J connectivity index is 0.00000162. The van der Waals surface area contributed by atoms with Crippen LogP contribution in [0.2, 0.25) is 0 Å². The second-order valence-corrected chi connectivity index (χ2v) is 4.05. The summed E-state index contributed by atoms with van der Waals surface area (Å²) in [5.74, 6) is -0.236. The first-order valence-electron chi connectivity index (χ1n) is 5.58. The first kappa shape index (κ1) is 14.5. The number of anilines is 1. The molecule has 1 fully saturated rings. The van der Waals surface area contributed by atoms with Crippen molar-refractivity contribution in [1.29, 1.82) is 0 Å². The predicted molar refractivity (Wildman–Crippen MR) is 71.4 cm³/mol. The maximum Gasteiger partial charge on any atom is 0.246 e. The first-order valence-corrected chi connectivity index (χ1v) is 5.58. The van der Waals surface area contributed by atoms with Crippen molar-refractivity contribution in [2.45, 2.75) is 25.4 Å². The minimum atomic E-state index is -0.406. The summed E-state index contributed by atoms with van der Waals surface area (Å²) in [7, 11) is 0. The zero-order valence-corrected chi connectivity index (χ0v) is 10.6. The molecule has 1 aromatic carbocycles. The van der Waals surface area contributed by atoms with Gasteiger partial charge in [0.25, 0.3) is 0 Å². The zero-order chi connectivity index (χ0) is 12.3. The maximum absolute atomic E-state index is 11.8. The molecule has 1 aromatic rings. The van der Waals surface area contributed by atoms with Crippen molar-refractivity contribution in [2.75, 3.05) is 5.32 Å². The number of nitrogens with two attached hydrogens (primary N) is 1. The highest BCUT2D eigenvalue weighted by molar-refractivity contribution is 5.98. The third-order valence-corrected chi connectivity index (χ3v) is 2.77. The summed E-state index contributed by atoms with van der Waals surface area (Å²) in [6.45, 7) is 0.479. The molecule has 0 radical (unpaired) electrons. The Hall–Kier alpha value is -1.59. The Morgan fingerprint density at radius 2 is 2.06 bits per heavy atom. The number of carbonyl (C=O) groups excluding carboxylic acids is 2. The minimum absolute atomic E-state index is 0. The van der Waals surface area contributed by atoms with Gasteiger partial charge < -0.3 is 16.4 Å². The van der Waals surface area contributed by atoms with Crippen LogP contribution in [0.3, 0.4) is 0 Å². The summed E-state index contributed by atoms with van der Waals surface area (Å²) in [6.07, 6.45) is 0.982. The maximum atomic E-state index is 11.8. The van der Waals surface area contributed by atoms with Crippen LogP contribution in [-0.4, -0.2) is 17.9 Å². The number of amides is 2. The van der Waals surface area contributed by atoms with Gasteiger partial charge in [-0.15, -0.1) is 12.4 Å². The lowest BCUT2D eigenvalue weighted by Gasteiger charge is -2.11. The molecule has 1 atom stereocenters. The van der Waals surface area contributed by atoms with Crippen LogP contribution in [0.15, 0.2) is 24.3 Å². The SMILES string of the molecule is Cl.NCc1ccc(NC(=O)C2CCC(=O)N2)cc1. The molecule has 0 aliphatic carbocycles. The molecule has 0 spiro atoms. The molecule has 6 heteroatoms. The van der Waals surface area contributed by atoms with Gasteiger partial charge in [-0.25, -0.2) is 0 Å². The fourth-order valence-corrected chi connectivity index (χ4v) is 1.76. The number of nitrogens with one attached hydrogen (secondary N) is 2. The standard InChI is InChI=1S/C12H15N3O2.ClH/c13-7-8-1-3-9(4-2-8)14-12(17)10-5-6-11(16)15-10;/h1-4,10H,5-7,13H2,(H,14,17)(H,15,16);1H. The molecule has 5 nitrogen and oxygen atoms in total. The van der Waals surface area contributed by atoms with Crippen molar-refractivity contribution in [1.82, 2.24) is 5.32 Å². The summed E-state index contributed by atoms with van der Waals surface area (Å²) in [6, 6.07) is 6.93. The molecule has 0 aromatic heterocycles. The van der Waals surface area contributed by atoms with Gasteiger partial charge in [-0.1, -0.05) is 12.1 Å². The quantitative estimate of drug-likeness (QED) is 0.758. The van der Waals surface area contributed by atoms with Gasteiger partial charge >= 0.3 is 0 Å². The van der Waals surface area contributed by atoms with Crippen LogP contribution in [0.5, 0.6) is 0 Å². The summed E-state index contributed by atoms with van der Waals surface area (Å²) in [4.78, 5) is 22.8. The number of halogens is 1. The summed E-state index contributed by atoms with van der Waals surface area (Å²) in [5.41, 5.74) is 7.21. The second-order valence-electron chi connectivity index (χ2n) is 4.05. The van der Waals surface area contributed by atoms with Crippen LogP contribution in [0.1, 0.15) is 18.4 Å².